The highest BCUT2D eigenvalue weighted by molar-refractivity contribution is 7.89. The van der Waals surface area contributed by atoms with E-state index < -0.39 is 10.0 Å². The second kappa shape index (κ2) is 3.76. The van der Waals surface area contributed by atoms with E-state index in [0.29, 0.717) is 0 Å². The molecule has 0 aliphatic carbocycles. The second-order valence-corrected chi connectivity index (χ2v) is 5.47. The van der Waals surface area contributed by atoms with Crippen LogP contribution in [0.15, 0.2) is 23.1 Å². The first-order valence-corrected chi connectivity index (χ1v) is 5.65. The second-order valence-electron chi connectivity index (χ2n) is 2.94. The van der Waals surface area contributed by atoms with Gasteiger partial charge in [-0.25, -0.2) is 12.7 Å². The largest absolute Gasteiger partial charge is 0.396 e. The zero-order valence-electron chi connectivity index (χ0n) is 7.86. The molecule has 14 heavy (non-hydrogen) atoms. The molecule has 0 fully saturated rings. The summed E-state index contributed by atoms with van der Waals surface area (Å²) in [6.45, 7) is 0. The number of halogens is 1. The third kappa shape index (κ3) is 1.84. The summed E-state index contributed by atoms with van der Waals surface area (Å²) in [5.41, 5.74) is 5.65. The molecule has 2 N–H and O–H groups in total. The van der Waals surface area contributed by atoms with Crippen molar-refractivity contribution in [2.45, 2.75) is 4.90 Å². The lowest BCUT2D eigenvalue weighted by Gasteiger charge is -2.13. The van der Waals surface area contributed by atoms with Crippen LogP contribution < -0.4 is 5.73 Å². The van der Waals surface area contributed by atoms with Crippen molar-refractivity contribution >= 4 is 27.3 Å². The molecule has 4 nitrogen and oxygen atoms in total. The van der Waals surface area contributed by atoms with Crippen LogP contribution in [-0.4, -0.2) is 26.8 Å². The maximum Gasteiger partial charge on any atom is 0.244 e. The molecule has 0 unspecified atom stereocenters. The summed E-state index contributed by atoms with van der Waals surface area (Å²) in [5.74, 6) is 0. The maximum absolute atomic E-state index is 11.7. The topological polar surface area (TPSA) is 63.4 Å². The van der Waals surface area contributed by atoms with Crippen LogP contribution in [0.4, 0.5) is 5.69 Å². The molecule has 0 saturated heterocycles. The Morgan fingerprint density at radius 3 is 2.43 bits per heavy atom. The quantitative estimate of drug-likeness (QED) is 0.782. The molecule has 78 valence electrons. The van der Waals surface area contributed by atoms with Crippen molar-refractivity contribution in [1.82, 2.24) is 4.31 Å². The van der Waals surface area contributed by atoms with Crippen molar-refractivity contribution < 1.29 is 8.42 Å². The van der Waals surface area contributed by atoms with Crippen LogP contribution in [0, 0.1) is 0 Å². The number of nitrogens with zero attached hydrogens (tertiary/aromatic N) is 1. The fourth-order valence-electron chi connectivity index (χ4n) is 0.939. The number of para-hydroxylation sites is 1. The zero-order chi connectivity index (χ0) is 10.9. The molecule has 6 heteroatoms. The van der Waals surface area contributed by atoms with Crippen molar-refractivity contribution in [3.05, 3.63) is 23.2 Å². The van der Waals surface area contributed by atoms with E-state index in [0.717, 1.165) is 4.31 Å². The molecule has 0 aromatic heterocycles. The molecule has 0 aliphatic heterocycles. The highest BCUT2D eigenvalue weighted by Crippen LogP contribution is 2.27. The number of benzene rings is 1. The first kappa shape index (κ1) is 11.3. The molecule has 1 rings (SSSR count). The van der Waals surface area contributed by atoms with Crippen molar-refractivity contribution in [3.8, 4) is 0 Å². The summed E-state index contributed by atoms with van der Waals surface area (Å²) < 4.78 is 24.5. The smallest absolute Gasteiger partial charge is 0.244 e. The van der Waals surface area contributed by atoms with E-state index in [2.05, 4.69) is 0 Å². The molecular weight excluding hydrogens is 224 g/mol. The van der Waals surface area contributed by atoms with E-state index >= 15 is 0 Å². The lowest BCUT2D eigenvalue weighted by molar-refractivity contribution is 0.521. The van der Waals surface area contributed by atoms with Gasteiger partial charge in [0.15, 0.2) is 0 Å². The number of nitrogens with two attached hydrogens (primary N) is 1. The van der Waals surface area contributed by atoms with Crippen LogP contribution in [0.25, 0.3) is 0 Å². The van der Waals surface area contributed by atoms with Gasteiger partial charge in [0.05, 0.1) is 10.7 Å². The monoisotopic (exact) mass is 234 g/mol. The van der Waals surface area contributed by atoms with Gasteiger partial charge < -0.3 is 5.73 Å². The Labute approximate surface area is 88.3 Å². The Kier molecular flexibility index (Phi) is 3.04. The predicted molar refractivity (Wildman–Crippen MR) is 56.7 cm³/mol. The van der Waals surface area contributed by atoms with Crippen LogP contribution in [0.3, 0.4) is 0 Å². The Bertz CT molecular complexity index is 443. The van der Waals surface area contributed by atoms with E-state index in [4.69, 9.17) is 17.3 Å². The fourth-order valence-corrected chi connectivity index (χ4v) is 2.20. The van der Waals surface area contributed by atoms with Crippen LogP contribution in [0.2, 0.25) is 5.02 Å². The standard InChI is InChI=1S/C8H11ClN2O2S/c1-11(2)14(12,13)7-5-3-4-6(9)8(7)10/h3-5H,10H2,1-2H3. The summed E-state index contributed by atoms with van der Waals surface area (Å²) >= 11 is 5.72. The van der Waals surface area contributed by atoms with Gasteiger partial charge >= 0.3 is 0 Å². The molecule has 0 heterocycles. The Balaban J connectivity index is 3.42. The number of anilines is 1. The summed E-state index contributed by atoms with van der Waals surface area (Å²) in [4.78, 5) is 0.0370. The Morgan fingerprint density at radius 1 is 1.36 bits per heavy atom. The van der Waals surface area contributed by atoms with Crippen molar-refractivity contribution in [3.63, 3.8) is 0 Å². The van der Waals surface area contributed by atoms with E-state index in [1.807, 2.05) is 0 Å². The molecule has 0 atom stereocenters. The van der Waals surface area contributed by atoms with Crippen LogP contribution in [0.1, 0.15) is 0 Å². The number of nitrogen functional groups attached to an aromatic ring is 1. The van der Waals surface area contributed by atoms with E-state index in [-0.39, 0.29) is 15.6 Å². The van der Waals surface area contributed by atoms with Crippen LogP contribution in [-0.2, 0) is 10.0 Å². The molecule has 0 spiro atoms. The van der Waals surface area contributed by atoms with Crippen LogP contribution >= 0.6 is 11.6 Å². The average Bonchev–Trinajstić information content (AvgIpc) is 2.09. The first-order valence-electron chi connectivity index (χ1n) is 3.84. The highest BCUT2D eigenvalue weighted by atomic mass is 35.5. The van der Waals surface area contributed by atoms with Gasteiger partial charge in [0.2, 0.25) is 10.0 Å². The normalized spacial score (nSPS) is 12.0. The molecule has 0 aliphatic rings. The Hall–Kier alpha value is -0.780. The van der Waals surface area contributed by atoms with Gasteiger partial charge in [0.25, 0.3) is 0 Å². The minimum Gasteiger partial charge on any atom is -0.396 e. The molecule has 1 aromatic rings. The summed E-state index contributed by atoms with van der Waals surface area (Å²) in [7, 11) is -0.626. The average molecular weight is 235 g/mol. The van der Waals surface area contributed by atoms with Gasteiger partial charge in [0, 0.05) is 14.1 Å². The highest BCUT2D eigenvalue weighted by Gasteiger charge is 2.20. The van der Waals surface area contributed by atoms with E-state index in [1.54, 1.807) is 12.1 Å². The van der Waals surface area contributed by atoms with Gasteiger partial charge in [-0.3, -0.25) is 0 Å². The Morgan fingerprint density at radius 2 is 1.93 bits per heavy atom. The van der Waals surface area contributed by atoms with Crippen molar-refractivity contribution in [1.29, 1.82) is 0 Å². The number of rotatable bonds is 2. The summed E-state index contributed by atoms with van der Waals surface area (Å²) in [6.07, 6.45) is 0. The van der Waals surface area contributed by atoms with Gasteiger partial charge in [-0.05, 0) is 12.1 Å². The molecule has 0 amide bonds. The number of sulfonamides is 1. The molecule has 0 bridgehead atoms. The zero-order valence-corrected chi connectivity index (χ0v) is 9.43. The summed E-state index contributed by atoms with van der Waals surface area (Å²) in [5, 5.41) is 0.243. The SMILES string of the molecule is CN(C)S(=O)(=O)c1cccc(Cl)c1N. The van der Waals surface area contributed by atoms with Crippen molar-refractivity contribution in [2.75, 3.05) is 19.8 Å². The third-order valence-electron chi connectivity index (χ3n) is 1.77. The van der Waals surface area contributed by atoms with Gasteiger partial charge in [-0.1, -0.05) is 17.7 Å². The van der Waals surface area contributed by atoms with Crippen LogP contribution in [0.5, 0.6) is 0 Å². The minimum atomic E-state index is -3.51. The number of hydrogen-bond acceptors (Lipinski definition) is 3. The predicted octanol–water partition coefficient (Wildman–Crippen LogP) is 1.17. The minimum absolute atomic E-state index is 0.0370. The molecule has 0 radical (unpaired) electrons. The van der Waals surface area contributed by atoms with Gasteiger partial charge in [0.1, 0.15) is 4.90 Å². The fraction of sp³-hybridized carbons (Fsp3) is 0.250. The lowest BCUT2D eigenvalue weighted by Crippen LogP contribution is -2.23. The van der Waals surface area contributed by atoms with Gasteiger partial charge in [-0.2, -0.15) is 0 Å². The molecule has 0 saturated carbocycles. The van der Waals surface area contributed by atoms with Gasteiger partial charge in [-0.15, -0.1) is 0 Å². The van der Waals surface area contributed by atoms with E-state index in [9.17, 15) is 8.42 Å². The maximum atomic E-state index is 11.7. The lowest BCUT2D eigenvalue weighted by atomic mass is 10.3. The molecule has 1 aromatic carbocycles. The van der Waals surface area contributed by atoms with Crippen molar-refractivity contribution in [2.24, 2.45) is 0 Å². The number of hydrogen-bond donors (Lipinski definition) is 1. The first-order chi connectivity index (χ1) is 6.37. The third-order valence-corrected chi connectivity index (χ3v) is 3.97. The molecular formula is C8H11ClN2O2S. The summed E-state index contributed by atoms with van der Waals surface area (Å²) in [6, 6.07) is 4.52. The van der Waals surface area contributed by atoms with E-state index in [1.165, 1.54) is 20.2 Å².